The molecule has 0 amide bonds. The van der Waals surface area contributed by atoms with Crippen molar-refractivity contribution < 1.29 is 57.2 Å². The van der Waals surface area contributed by atoms with Gasteiger partial charge in [0, 0.05) is 31.4 Å². The highest BCUT2D eigenvalue weighted by Crippen LogP contribution is 2.40. The summed E-state index contributed by atoms with van der Waals surface area (Å²) in [6.45, 7) is 33.6. The second-order valence-corrected chi connectivity index (χ2v) is 15.2. The molecule has 0 radical (unpaired) electrons. The van der Waals surface area contributed by atoms with Crippen LogP contribution in [0.5, 0.6) is 0 Å². The molecule has 0 aliphatic rings. The average molecular weight is 1000 g/mol. The maximum atomic E-state index is 13.0. The van der Waals surface area contributed by atoms with Crippen molar-refractivity contribution in [2.75, 3.05) is 26.4 Å². The SMILES string of the molecule is C.C.C.C.C.C.C.C.C.C.C.C=C(C)C(=O)OCCCC.C=C(C)C(=O)OCCCCCC.C=COC(C)=O.CCCCCCOC(=O)C(C)(C)CC(C)(CC(CC)OC(C)=O)C(=O)OCCCC. The third-order valence-corrected chi connectivity index (χ3v) is 8.21. The number of esters is 6. The summed E-state index contributed by atoms with van der Waals surface area (Å²) >= 11 is 0. The van der Waals surface area contributed by atoms with E-state index in [1.54, 1.807) is 34.6 Å². The van der Waals surface area contributed by atoms with Gasteiger partial charge in [0.25, 0.3) is 0 Å². The van der Waals surface area contributed by atoms with Crippen molar-refractivity contribution >= 4 is 35.8 Å². The average Bonchev–Trinajstić information content (AvgIpc) is 3.14. The molecule has 0 saturated heterocycles. The fourth-order valence-corrected chi connectivity index (χ4v) is 5.02. The normalized spacial score (nSPS) is 9.86. The fourth-order valence-electron chi connectivity index (χ4n) is 5.02. The zero-order valence-corrected chi connectivity index (χ0v) is 38.6. The summed E-state index contributed by atoms with van der Waals surface area (Å²) in [5, 5.41) is 0. The Labute approximate surface area is 433 Å². The lowest BCUT2D eigenvalue weighted by Crippen LogP contribution is -2.41. The van der Waals surface area contributed by atoms with E-state index >= 15 is 0 Å². The van der Waals surface area contributed by atoms with Crippen LogP contribution in [-0.2, 0) is 57.2 Å². The third-order valence-electron chi connectivity index (χ3n) is 8.21. The summed E-state index contributed by atoms with van der Waals surface area (Å²) in [5.41, 5.74) is -0.881. The van der Waals surface area contributed by atoms with Gasteiger partial charge in [0.05, 0.1) is 43.5 Å². The molecular formula is C57H126O12. The number of rotatable bonds is 27. The third kappa shape index (κ3) is 68.4. The molecule has 0 aromatic carbocycles. The number of carbonyl (C=O) groups excluding carboxylic acids is 6. The zero-order valence-electron chi connectivity index (χ0n) is 38.6. The van der Waals surface area contributed by atoms with Crippen LogP contribution in [0, 0.1) is 10.8 Å². The number of ether oxygens (including phenoxy) is 6. The molecule has 2 atom stereocenters. The van der Waals surface area contributed by atoms with Gasteiger partial charge in [0.15, 0.2) is 0 Å². The first kappa shape index (κ1) is 107. The van der Waals surface area contributed by atoms with Crippen LogP contribution in [-0.4, -0.2) is 68.3 Å². The van der Waals surface area contributed by atoms with Crippen LogP contribution in [0.15, 0.2) is 37.1 Å². The summed E-state index contributed by atoms with van der Waals surface area (Å²) < 4.78 is 30.3. The first-order valence-electron chi connectivity index (χ1n) is 21.1. The van der Waals surface area contributed by atoms with E-state index in [1.165, 1.54) is 26.7 Å². The van der Waals surface area contributed by atoms with Gasteiger partial charge in [-0.15, -0.1) is 0 Å². The lowest BCUT2D eigenvalue weighted by molar-refractivity contribution is -0.168. The Morgan fingerprint density at radius 2 is 0.812 bits per heavy atom. The molecule has 426 valence electrons. The summed E-state index contributed by atoms with van der Waals surface area (Å²) in [7, 11) is 0. The van der Waals surface area contributed by atoms with E-state index in [4.69, 9.17) is 23.7 Å². The Morgan fingerprint density at radius 1 is 0.478 bits per heavy atom. The molecule has 0 aromatic heterocycles. The molecule has 12 heteroatoms. The Bertz CT molecular complexity index is 1190. The van der Waals surface area contributed by atoms with Crippen molar-refractivity contribution in [3.8, 4) is 0 Å². The molecule has 0 aliphatic carbocycles. The van der Waals surface area contributed by atoms with Crippen LogP contribution >= 0.6 is 0 Å². The summed E-state index contributed by atoms with van der Waals surface area (Å²) in [6, 6.07) is 0. The Hall–Kier alpha value is -3.96. The minimum absolute atomic E-state index is 0. The van der Waals surface area contributed by atoms with Crippen LogP contribution in [0.4, 0.5) is 0 Å². The molecule has 0 aliphatic heterocycles. The predicted octanol–water partition coefficient (Wildman–Crippen LogP) is 17.9. The molecule has 0 fully saturated rings. The van der Waals surface area contributed by atoms with Crippen LogP contribution in [0.25, 0.3) is 0 Å². The first-order valence-corrected chi connectivity index (χ1v) is 21.1. The maximum absolute atomic E-state index is 13.0. The van der Waals surface area contributed by atoms with Crippen molar-refractivity contribution in [3.63, 3.8) is 0 Å². The lowest BCUT2D eigenvalue weighted by Gasteiger charge is -2.36. The second kappa shape index (κ2) is 68.3. The van der Waals surface area contributed by atoms with Crippen LogP contribution in [0.1, 0.15) is 261 Å². The van der Waals surface area contributed by atoms with Gasteiger partial charge in [-0.1, -0.05) is 187 Å². The molecule has 0 aromatic rings. The molecule has 69 heavy (non-hydrogen) atoms. The highest BCUT2D eigenvalue weighted by atomic mass is 16.6. The van der Waals surface area contributed by atoms with Crippen LogP contribution in [0.3, 0.4) is 0 Å². The van der Waals surface area contributed by atoms with Crippen LogP contribution in [0.2, 0.25) is 0 Å². The highest BCUT2D eigenvalue weighted by molar-refractivity contribution is 5.87. The summed E-state index contributed by atoms with van der Waals surface area (Å²) in [5.74, 6) is -1.93. The van der Waals surface area contributed by atoms with E-state index in [9.17, 15) is 28.8 Å². The van der Waals surface area contributed by atoms with Crippen molar-refractivity contribution in [3.05, 3.63) is 37.1 Å². The van der Waals surface area contributed by atoms with Crippen LogP contribution < -0.4 is 0 Å². The van der Waals surface area contributed by atoms with Crippen molar-refractivity contribution in [2.24, 2.45) is 10.8 Å². The minimum Gasteiger partial charge on any atom is -0.465 e. The van der Waals surface area contributed by atoms with E-state index in [-0.39, 0.29) is 124 Å². The van der Waals surface area contributed by atoms with E-state index in [1.807, 2.05) is 13.8 Å². The number of unbranched alkanes of at least 4 members (excludes halogenated alkanes) is 8. The van der Waals surface area contributed by atoms with Gasteiger partial charge in [-0.3, -0.25) is 19.2 Å². The standard InChI is InChI=1S/C24H44O6.C10H18O2.C8H14O2.C4H6O2.11CH4/c1-8-11-13-14-16-28-21(26)23(5,6)18-24(7,22(27)29-15-12-9-2)17-20(10-3)30-19(4)25;1-4-5-6-7-8-12-10(11)9(2)3;1-4-5-6-10-8(9)7(2)3;1-3-6-4(2)5;;;;;;;;;;;/h20H,8-18H2,1-7H3;2,4-8H2,1,3H3;2,4-6H2,1,3H3;3H,1H2,2H3;11*1H4. The molecule has 0 rings (SSSR count). The summed E-state index contributed by atoms with van der Waals surface area (Å²) in [4.78, 5) is 68.5. The Morgan fingerprint density at radius 3 is 1.10 bits per heavy atom. The van der Waals surface area contributed by atoms with Crippen molar-refractivity contribution in [1.29, 1.82) is 0 Å². The topological polar surface area (TPSA) is 158 Å². The molecule has 0 heterocycles. The zero-order chi connectivity index (χ0) is 45.6. The van der Waals surface area contributed by atoms with Gasteiger partial charge in [0.2, 0.25) is 0 Å². The fraction of sp³-hybridized carbons (Fsp3) is 0.789. The molecule has 0 saturated carbocycles. The molecule has 2 unspecified atom stereocenters. The van der Waals surface area contributed by atoms with Crippen molar-refractivity contribution in [2.45, 2.75) is 267 Å². The summed E-state index contributed by atoms with van der Waals surface area (Å²) in [6.07, 6.45) is 14.2. The minimum atomic E-state index is -0.964. The van der Waals surface area contributed by atoms with E-state index in [0.717, 1.165) is 70.5 Å². The Balaban J connectivity index is -0.0000000485. The monoisotopic (exact) mass is 1000 g/mol. The first-order chi connectivity index (χ1) is 27.1. The van der Waals surface area contributed by atoms with Gasteiger partial charge >= 0.3 is 35.8 Å². The highest BCUT2D eigenvalue weighted by Gasteiger charge is 2.45. The quantitative estimate of drug-likeness (QED) is 0.0252. The second-order valence-electron chi connectivity index (χ2n) is 15.2. The maximum Gasteiger partial charge on any atom is 0.333 e. The van der Waals surface area contributed by atoms with E-state index in [0.29, 0.717) is 50.4 Å². The number of hydrogen-bond acceptors (Lipinski definition) is 12. The largest absolute Gasteiger partial charge is 0.465 e. The van der Waals surface area contributed by atoms with Gasteiger partial charge in [-0.05, 0) is 73.1 Å². The van der Waals surface area contributed by atoms with Gasteiger partial charge in [-0.25, -0.2) is 9.59 Å². The number of hydrogen-bond donors (Lipinski definition) is 0. The molecule has 0 bridgehead atoms. The Kier molecular flexibility index (Phi) is 105. The van der Waals surface area contributed by atoms with E-state index < -0.39 is 16.9 Å². The van der Waals surface area contributed by atoms with Gasteiger partial charge < -0.3 is 28.4 Å². The van der Waals surface area contributed by atoms with E-state index in [2.05, 4.69) is 45.2 Å². The lowest BCUT2D eigenvalue weighted by atomic mass is 9.70. The molecule has 0 spiro atoms. The van der Waals surface area contributed by atoms with Gasteiger partial charge in [0.1, 0.15) is 6.10 Å². The molecule has 12 nitrogen and oxygen atoms in total. The smallest absolute Gasteiger partial charge is 0.333 e. The molecular weight excluding hydrogens is 877 g/mol. The predicted molar refractivity (Wildman–Crippen MR) is 305 cm³/mol. The molecule has 0 N–H and O–H groups in total. The van der Waals surface area contributed by atoms with Crippen molar-refractivity contribution in [1.82, 2.24) is 0 Å². The van der Waals surface area contributed by atoms with Gasteiger partial charge in [-0.2, -0.15) is 0 Å². The number of carbonyl (C=O) groups is 6.